The molecule has 1 atom stereocenters. The Morgan fingerprint density at radius 2 is 2.00 bits per heavy atom. The number of halogens is 1. The average Bonchev–Trinajstić information content (AvgIpc) is 2.79. The molecule has 0 saturated carbocycles. The number of aryl methyl sites for hydroxylation is 4. The zero-order valence-corrected chi connectivity index (χ0v) is 13.5. The standard InChI is InChI=1S/C13H19BrN4O/c1-7(12-8(2)17-19-10(12)4)15-6-11-13(14)9(3)16-18(11)5/h7,15H,6H2,1-5H3. The van der Waals surface area contributed by atoms with E-state index in [9.17, 15) is 0 Å². The number of hydrogen-bond donors (Lipinski definition) is 1. The molecule has 0 radical (unpaired) electrons. The highest BCUT2D eigenvalue weighted by atomic mass is 79.9. The Kier molecular flexibility index (Phi) is 4.10. The fourth-order valence-electron chi connectivity index (χ4n) is 2.33. The Hall–Kier alpha value is -1.14. The first kappa shape index (κ1) is 14.3. The van der Waals surface area contributed by atoms with Gasteiger partial charge < -0.3 is 9.84 Å². The molecule has 0 saturated heterocycles. The summed E-state index contributed by atoms with van der Waals surface area (Å²) in [5.74, 6) is 0.873. The molecule has 2 aromatic heterocycles. The van der Waals surface area contributed by atoms with Gasteiger partial charge in [-0.1, -0.05) is 5.16 Å². The van der Waals surface area contributed by atoms with Crippen LogP contribution in [-0.4, -0.2) is 14.9 Å². The number of hydrogen-bond acceptors (Lipinski definition) is 4. The molecule has 2 rings (SSSR count). The molecule has 0 fully saturated rings. The molecule has 5 nitrogen and oxygen atoms in total. The smallest absolute Gasteiger partial charge is 0.138 e. The fraction of sp³-hybridized carbons (Fsp3) is 0.538. The first-order valence-electron chi connectivity index (χ1n) is 6.26. The molecule has 0 amide bonds. The van der Waals surface area contributed by atoms with Crippen molar-refractivity contribution in [1.29, 1.82) is 0 Å². The highest BCUT2D eigenvalue weighted by Gasteiger charge is 2.17. The maximum Gasteiger partial charge on any atom is 0.138 e. The van der Waals surface area contributed by atoms with Crippen LogP contribution in [0.25, 0.3) is 0 Å². The quantitative estimate of drug-likeness (QED) is 0.938. The van der Waals surface area contributed by atoms with Gasteiger partial charge in [0.1, 0.15) is 5.76 Å². The van der Waals surface area contributed by atoms with Gasteiger partial charge in [-0.25, -0.2) is 0 Å². The Balaban J connectivity index is 2.11. The van der Waals surface area contributed by atoms with E-state index in [4.69, 9.17) is 4.52 Å². The van der Waals surface area contributed by atoms with Crippen LogP contribution in [0.2, 0.25) is 0 Å². The minimum atomic E-state index is 0.188. The summed E-state index contributed by atoms with van der Waals surface area (Å²) in [7, 11) is 1.95. The molecule has 2 aromatic rings. The molecule has 1 unspecified atom stereocenters. The number of nitrogens with zero attached hydrogens (tertiary/aromatic N) is 3. The van der Waals surface area contributed by atoms with Crippen LogP contribution in [-0.2, 0) is 13.6 Å². The van der Waals surface area contributed by atoms with E-state index in [0.717, 1.165) is 39.4 Å². The van der Waals surface area contributed by atoms with Gasteiger partial charge in [0, 0.05) is 25.2 Å². The number of nitrogens with one attached hydrogen (secondary N) is 1. The van der Waals surface area contributed by atoms with Crippen molar-refractivity contribution in [3.8, 4) is 0 Å². The Labute approximate surface area is 121 Å². The van der Waals surface area contributed by atoms with Gasteiger partial charge in [-0.15, -0.1) is 0 Å². The third kappa shape index (κ3) is 2.74. The van der Waals surface area contributed by atoms with Crippen LogP contribution in [0.15, 0.2) is 9.00 Å². The number of aromatic nitrogens is 3. The predicted octanol–water partition coefficient (Wildman–Crippen LogP) is 2.95. The van der Waals surface area contributed by atoms with E-state index in [0.29, 0.717) is 0 Å². The van der Waals surface area contributed by atoms with Gasteiger partial charge in [0.2, 0.25) is 0 Å². The molecule has 19 heavy (non-hydrogen) atoms. The predicted molar refractivity (Wildman–Crippen MR) is 76.9 cm³/mol. The molecule has 2 heterocycles. The third-order valence-corrected chi connectivity index (χ3v) is 4.39. The average molecular weight is 327 g/mol. The molecular formula is C13H19BrN4O. The van der Waals surface area contributed by atoms with Crippen LogP contribution in [0.5, 0.6) is 0 Å². The molecule has 0 aliphatic rings. The maximum atomic E-state index is 5.20. The molecule has 1 N–H and O–H groups in total. The summed E-state index contributed by atoms with van der Waals surface area (Å²) in [5.41, 5.74) is 4.22. The van der Waals surface area contributed by atoms with Crippen LogP contribution in [0, 0.1) is 20.8 Å². The van der Waals surface area contributed by atoms with E-state index in [1.54, 1.807) is 0 Å². The summed E-state index contributed by atoms with van der Waals surface area (Å²) in [6.45, 7) is 8.75. The lowest BCUT2D eigenvalue weighted by atomic mass is 10.1. The molecular weight excluding hydrogens is 308 g/mol. The fourth-order valence-corrected chi connectivity index (χ4v) is 2.81. The van der Waals surface area contributed by atoms with Gasteiger partial charge in [-0.2, -0.15) is 5.10 Å². The van der Waals surface area contributed by atoms with Crippen molar-refractivity contribution in [2.24, 2.45) is 7.05 Å². The summed E-state index contributed by atoms with van der Waals surface area (Å²) >= 11 is 3.57. The van der Waals surface area contributed by atoms with Gasteiger partial charge in [-0.05, 0) is 43.6 Å². The van der Waals surface area contributed by atoms with Crippen molar-refractivity contribution in [3.05, 3.63) is 32.9 Å². The zero-order chi connectivity index (χ0) is 14.2. The highest BCUT2D eigenvalue weighted by Crippen LogP contribution is 2.23. The van der Waals surface area contributed by atoms with Gasteiger partial charge >= 0.3 is 0 Å². The molecule has 6 heteroatoms. The topological polar surface area (TPSA) is 55.9 Å². The highest BCUT2D eigenvalue weighted by molar-refractivity contribution is 9.10. The van der Waals surface area contributed by atoms with E-state index in [1.165, 1.54) is 0 Å². The molecule has 104 valence electrons. The monoisotopic (exact) mass is 326 g/mol. The van der Waals surface area contributed by atoms with E-state index in [1.807, 2.05) is 32.5 Å². The first-order valence-corrected chi connectivity index (χ1v) is 7.05. The zero-order valence-electron chi connectivity index (χ0n) is 11.9. The second-order valence-electron chi connectivity index (χ2n) is 4.81. The molecule has 0 aliphatic heterocycles. The van der Waals surface area contributed by atoms with E-state index in [2.05, 4.69) is 38.4 Å². The normalized spacial score (nSPS) is 12.9. The molecule has 0 spiro atoms. The number of rotatable bonds is 4. The van der Waals surface area contributed by atoms with Gasteiger partial charge in [0.25, 0.3) is 0 Å². The third-order valence-electron chi connectivity index (χ3n) is 3.36. The lowest BCUT2D eigenvalue weighted by molar-refractivity contribution is 0.390. The van der Waals surface area contributed by atoms with Crippen LogP contribution in [0.1, 0.15) is 41.4 Å². The molecule has 0 aliphatic carbocycles. The van der Waals surface area contributed by atoms with Crippen molar-refractivity contribution in [3.63, 3.8) is 0 Å². The summed E-state index contributed by atoms with van der Waals surface area (Å²) in [6, 6.07) is 0.188. The summed E-state index contributed by atoms with van der Waals surface area (Å²) in [5, 5.41) is 11.9. The van der Waals surface area contributed by atoms with Crippen LogP contribution in [0.3, 0.4) is 0 Å². The van der Waals surface area contributed by atoms with E-state index in [-0.39, 0.29) is 6.04 Å². The minimum absolute atomic E-state index is 0.188. The van der Waals surface area contributed by atoms with Crippen molar-refractivity contribution in [2.75, 3.05) is 0 Å². The largest absolute Gasteiger partial charge is 0.361 e. The summed E-state index contributed by atoms with van der Waals surface area (Å²) in [6.07, 6.45) is 0. The summed E-state index contributed by atoms with van der Waals surface area (Å²) in [4.78, 5) is 0. The van der Waals surface area contributed by atoms with Gasteiger partial charge in [0.15, 0.2) is 0 Å². The maximum absolute atomic E-state index is 5.20. The van der Waals surface area contributed by atoms with E-state index >= 15 is 0 Å². The first-order chi connectivity index (χ1) is 8.91. The molecule has 0 bridgehead atoms. The van der Waals surface area contributed by atoms with Crippen LogP contribution < -0.4 is 5.32 Å². The van der Waals surface area contributed by atoms with Crippen molar-refractivity contribution >= 4 is 15.9 Å². The lowest BCUT2D eigenvalue weighted by Crippen LogP contribution is -2.21. The van der Waals surface area contributed by atoms with Crippen molar-refractivity contribution in [2.45, 2.75) is 40.3 Å². The SMILES string of the molecule is Cc1nn(C)c(CNC(C)c2c(C)noc2C)c1Br. The van der Waals surface area contributed by atoms with Crippen molar-refractivity contribution in [1.82, 2.24) is 20.3 Å². The van der Waals surface area contributed by atoms with Crippen LogP contribution in [0.4, 0.5) is 0 Å². The Morgan fingerprint density at radius 1 is 1.32 bits per heavy atom. The van der Waals surface area contributed by atoms with E-state index < -0.39 is 0 Å². The second-order valence-corrected chi connectivity index (χ2v) is 5.60. The lowest BCUT2D eigenvalue weighted by Gasteiger charge is -2.14. The van der Waals surface area contributed by atoms with Crippen LogP contribution >= 0.6 is 15.9 Å². The van der Waals surface area contributed by atoms with Gasteiger partial charge in [-0.3, -0.25) is 4.68 Å². The Morgan fingerprint density at radius 3 is 2.47 bits per heavy atom. The minimum Gasteiger partial charge on any atom is -0.361 e. The summed E-state index contributed by atoms with van der Waals surface area (Å²) < 4.78 is 8.16. The molecule has 0 aromatic carbocycles. The van der Waals surface area contributed by atoms with Crippen molar-refractivity contribution < 1.29 is 4.52 Å². The van der Waals surface area contributed by atoms with Gasteiger partial charge in [0.05, 0.1) is 21.6 Å². The Bertz CT molecular complexity index is 568. The second kappa shape index (κ2) is 5.46.